The quantitative estimate of drug-likeness (QED) is 0.917. The number of aromatic nitrogens is 3. The molecule has 2 amide bonds. The van der Waals surface area contributed by atoms with Gasteiger partial charge in [-0.3, -0.25) is 5.32 Å². The minimum Gasteiger partial charge on any atom is -0.479 e. The number of amides is 2. The van der Waals surface area contributed by atoms with E-state index in [4.69, 9.17) is 4.74 Å². The Morgan fingerprint density at radius 3 is 2.90 bits per heavy atom. The Hall–Kier alpha value is -1.96. The van der Waals surface area contributed by atoms with Crippen molar-refractivity contribution in [2.45, 2.75) is 19.3 Å². The van der Waals surface area contributed by atoms with Gasteiger partial charge in [-0.05, 0) is 19.3 Å². The third-order valence-electron chi connectivity index (χ3n) is 3.21. The molecule has 0 saturated carbocycles. The van der Waals surface area contributed by atoms with E-state index >= 15 is 0 Å². The van der Waals surface area contributed by atoms with Crippen LogP contribution in [-0.4, -0.2) is 46.1 Å². The summed E-state index contributed by atoms with van der Waals surface area (Å²) in [5, 5.41) is 3.35. The number of fused-ring (bicyclic) bond motifs is 1. The third-order valence-corrected chi connectivity index (χ3v) is 4.09. The van der Waals surface area contributed by atoms with Crippen LogP contribution in [0.2, 0.25) is 0 Å². The molecule has 2 aromatic heterocycles. The lowest BCUT2D eigenvalue weighted by molar-refractivity contribution is 0.200. The Morgan fingerprint density at radius 1 is 1.35 bits per heavy atom. The maximum absolute atomic E-state index is 12.1. The number of rotatable bonds is 2. The number of likely N-dealkylation sites (tertiary alicyclic amines) is 1. The lowest BCUT2D eigenvalue weighted by Gasteiger charge is -2.26. The maximum Gasteiger partial charge on any atom is 0.323 e. The van der Waals surface area contributed by atoms with Gasteiger partial charge in [-0.2, -0.15) is 4.98 Å². The van der Waals surface area contributed by atoms with Gasteiger partial charge in [0.2, 0.25) is 5.88 Å². The monoisotopic (exact) mass is 293 g/mol. The van der Waals surface area contributed by atoms with Crippen molar-refractivity contribution in [1.82, 2.24) is 19.9 Å². The van der Waals surface area contributed by atoms with Crippen molar-refractivity contribution in [3.05, 3.63) is 6.33 Å². The molecule has 0 spiro atoms. The molecular weight excluding hydrogens is 278 g/mol. The van der Waals surface area contributed by atoms with Crippen LogP contribution in [0.4, 0.5) is 9.93 Å². The molecule has 0 aromatic carbocycles. The SMILES string of the molecule is COc1ncnc2sc(NC(=O)N3CCCCC3)nc12. The first kappa shape index (κ1) is 13.0. The number of carbonyl (C=O) groups excluding carboxylic acids is 1. The van der Waals surface area contributed by atoms with Gasteiger partial charge in [-0.25, -0.2) is 14.8 Å². The van der Waals surface area contributed by atoms with Crippen LogP contribution in [0.5, 0.6) is 5.88 Å². The van der Waals surface area contributed by atoms with E-state index in [1.54, 1.807) is 0 Å². The minimum absolute atomic E-state index is 0.101. The topological polar surface area (TPSA) is 80.2 Å². The highest BCUT2D eigenvalue weighted by atomic mass is 32.1. The summed E-state index contributed by atoms with van der Waals surface area (Å²) in [7, 11) is 1.53. The first-order chi connectivity index (χ1) is 9.78. The molecule has 0 bridgehead atoms. The fraction of sp³-hybridized carbons (Fsp3) is 0.500. The zero-order valence-corrected chi connectivity index (χ0v) is 11.9. The van der Waals surface area contributed by atoms with Gasteiger partial charge in [0.1, 0.15) is 6.33 Å². The van der Waals surface area contributed by atoms with E-state index in [2.05, 4.69) is 20.3 Å². The number of carbonyl (C=O) groups is 1. The van der Waals surface area contributed by atoms with Crippen LogP contribution in [0, 0.1) is 0 Å². The Morgan fingerprint density at radius 2 is 2.15 bits per heavy atom. The number of thiazole rings is 1. The first-order valence-electron chi connectivity index (χ1n) is 6.49. The molecule has 3 heterocycles. The number of ether oxygens (including phenoxy) is 1. The van der Waals surface area contributed by atoms with Crippen LogP contribution < -0.4 is 10.1 Å². The number of nitrogens with one attached hydrogen (secondary N) is 1. The molecule has 0 aliphatic carbocycles. The van der Waals surface area contributed by atoms with E-state index in [-0.39, 0.29) is 6.03 Å². The van der Waals surface area contributed by atoms with Gasteiger partial charge in [-0.1, -0.05) is 11.3 Å². The second kappa shape index (κ2) is 5.58. The van der Waals surface area contributed by atoms with Crippen molar-refractivity contribution in [3.8, 4) is 5.88 Å². The lowest BCUT2D eigenvalue weighted by atomic mass is 10.1. The molecule has 8 heteroatoms. The molecule has 1 N–H and O–H groups in total. The zero-order valence-electron chi connectivity index (χ0n) is 11.1. The highest BCUT2D eigenvalue weighted by molar-refractivity contribution is 7.22. The van der Waals surface area contributed by atoms with Gasteiger partial charge in [0, 0.05) is 13.1 Å². The normalized spacial score (nSPS) is 15.3. The summed E-state index contributed by atoms with van der Waals surface area (Å²) in [6.07, 6.45) is 4.74. The average Bonchev–Trinajstić information content (AvgIpc) is 2.90. The molecule has 1 saturated heterocycles. The lowest BCUT2D eigenvalue weighted by Crippen LogP contribution is -2.38. The summed E-state index contributed by atoms with van der Waals surface area (Å²) in [6, 6.07) is -0.101. The Bertz CT molecular complexity index is 623. The molecule has 0 atom stereocenters. The number of anilines is 1. The molecule has 106 valence electrons. The van der Waals surface area contributed by atoms with Crippen molar-refractivity contribution in [1.29, 1.82) is 0 Å². The van der Waals surface area contributed by atoms with E-state index in [1.165, 1.54) is 31.2 Å². The number of urea groups is 1. The highest BCUT2D eigenvalue weighted by Crippen LogP contribution is 2.29. The van der Waals surface area contributed by atoms with Gasteiger partial charge < -0.3 is 9.64 Å². The van der Waals surface area contributed by atoms with Crippen LogP contribution in [0.25, 0.3) is 10.3 Å². The van der Waals surface area contributed by atoms with Crippen LogP contribution in [0.15, 0.2) is 6.33 Å². The largest absolute Gasteiger partial charge is 0.479 e. The number of methoxy groups -OCH3 is 1. The fourth-order valence-electron chi connectivity index (χ4n) is 2.20. The van der Waals surface area contributed by atoms with Crippen molar-refractivity contribution in [3.63, 3.8) is 0 Å². The van der Waals surface area contributed by atoms with E-state index < -0.39 is 0 Å². The maximum atomic E-state index is 12.1. The van der Waals surface area contributed by atoms with Crippen LogP contribution in [0.1, 0.15) is 19.3 Å². The number of hydrogen-bond acceptors (Lipinski definition) is 6. The zero-order chi connectivity index (χ0) is 13.9. The second-order valence-corrected chi connectivity index (χ2v) is 5.51. The molecule has 2 aromatic rings. The van der Waals surface area contributed by atoms with Crippen LogP contribution >= 0.6 is 11.3 Å². The summed E-state index contributed by atoms with van der Waals surface area (Å²) < 4.78 is 5.13. The summed E-state index contributed by atoms with van der Waals surface area (Å²) in [5.41, 5.74) is 0.578. The molecular formula is C12H15N5O2S. The van der Waals surface area contributed by atoms with Gasteiger partial charge in [0.05, 0.1) is 7.11 Å². The highest BCUT2D eigenvalue weighted by Gasteiger charge is 2.18. The molecule has 0 unspecified atom stereocenters. The Kier molecular flexibility index (Phi) is 3.64. The molecule has 1 aliphatic rings. The van der Waals surface area contributed by atoms with E-state index in [1.807, 2.05) is 4.90 Å². The number of piperidine rings is 1. The molecule has 1 fully saturated rings. The van der Waals surface area contributed by atoms with Crippen molar-refractivity contribution >= 4 is 32.8 Å². The van der Waals surface area contributed by atoms with Crippen molar-refractivity contribution in [2.24, 2.45) is 0 Å². The summed E-state index contributed by atoms with van der Waals surface area (Å²) in [5.74, 6) is 0.421. The van der Waals surface area contributed by atoms with E-state index in [0.29, 0.717) is 21.4 Å². The molecule has 7 nitrogen and oxygen atoms in total. The predicted octanol–water partition coefficient (Wildman–Crippen LogP) is 2.11. The minimum atomic E-state index is -0.101. The van der Waals surface area contributed by atoms with Gasteiger partial charge in [-0.15, -0.1) is 0 Å². The smallest absolute Gasteiger partial charge is 0.323 e. The van der Waals surface area contributed by atoms with Crippen molar-refractivity contribution < 1.29 is 9.53 Å². The van der Waals surface area contributed by atoms with Gasteiger partial charge in [0.15, 0.2) is 15.5 Å². The van der Waals surface area contributed by atoms with Gasteiger partial charge >= 0.3 is 6.03 Å². The number of nitrogens with zero attached hydrogens (tertiary/aromatic N) is 4. The molecule has 3 rings (SSSR count). The fourth-order valence-corrected chi connectivity index (χ4v) is 2.99. The standard InChI is InChI=1S/C12H15N5O2S/c1-19-9-8-10(14-7-13-9)20-11(15-8)16-12(18)17-5-3-2-4-6-17/h7H,2-6H2,1H3,(H,15,16,18). The molecule has 20 heavy (non-hydrogen) atoms. The Balaban J connectivity index is 1.78. The molecule has 0 radical (unpaired) electrons. The van der Waals surface area contributed by atoms with Crippen LogP contribution in [-0.2, 0) is 0 Å². The molecule has 1 aliphatic heterocycles. The van der Waals surface area contributed by atoms with E-state index in [9.17, 15) is 4.79 Å². The summed E-state index contributed by atoms with van der Waals surface area (Å²) in [6.45, 7) is 1.61. The Labute approximate surface area is 120 Å². The second-order valence-electron chi connectivity index (χ2n) is 4.53. The van der Waals surface area contributed by atoms with Gasteiger partial charge in [0.25, 0.3) is 0 Å². The summed E-state index contributed by atoms with van der Waals surface area (Å²) in [4.78, 5) is 27.1. The average molecular weight is 293 g/mol. The third kappa shape index (κ3) is 2.51. The van der Waals surface area contributed by atoms with E-state index in [0.717, 1.165) is 25.9 Å². The number of hydrogen-bond donors (Lipinski definition) is 1. The van der Waals surface area contributed by atoms with Crippen LogP contribution in [0.3, 0.4) is 0 Å². The first-order valence-corrected chi connectivity index (χ1v) is 7.31. The van der Waals surface area contributed by atoms with Crippen molar-refractivity contribution in [2.75, 3.05) is 25.5 Å². The predicted molar refractivity (Wildman–Crippen MR) is 76.2 cm³/mol. The summed E-state index contributed by atoms with van der Waals surface area (Å²) >= 11 is 1.32.